The molecule has 1 unspecified atom stereocenters. The molecule has 0 amide bonds. The van der Waals surface area contributed by atoms with Crippen LogP contribution in [0.1, 0.15) is 8.35 Å². The van der Waals surface area contributed by atoms with Crippen molar-refractivity contribution in [2.45, 2.75) is 13.0 Å². The van der Waals surface area contributed by atoms with E-state index < -0.39 is 19.9 Å². The second-order valence-electron chi connectivity index (χ2n) is 2.24. The van der Waals surface area contributed by atoms with Gasteiger partial charge in [0.15, 0.2) is 0 Å². The summed E-state index contributed by atoms with van der Waals surface area (Å²) in [5, 5.41) is 0. The first-order valence-electron chi connectivity index (χ1n) is 3.38. The van der Waals surface area contributed by atoms with Crippen molar-refractivity contribution in [1.82, 2.24) is 0 Å². The second-order valence-corrected chi connectivity index (χ2v) is 3.48. The summed E-state index contributed by atoms with van der Waals surface area (Å²) < 4.78 is 18.9. The van der Waals surface area contributed by atoms with Gasteiger partial charge >= 0.3 is 65.2 Å². The zero-order valence-electron chi connectivity index (χ0n) is 9.04. The molecule has 0 saturated carbocycles. The molecule has 0 aromatic heterocycles. The number of carbonyl (C=O) groups is 1. The van der Waals surface area contributed by atoms with Gasteiger partial charge in [-0.1, -0.05) is 6.58 Å². The number of carbonyl (C=O) groups excluding carboxylic acids is 1. The average Bonchev–Trinajstić information content (AvgIpc) is 1.99. The molecule has 0 heterocycles. The molecule has 1 atom stereocenters. The predicted molar refractivity (Wildman–Crippen MR) is 44.9 cm³/mol. The van der Waals surface area contributed by atoms with E-state index in [4.69, 9.17) is 9.79 Å². The first-order chi connectivity index (χ1) is 5.85. The minimum Gasteiger partial charge on any atom is -1.00 e. The summed E-state index contributed by atoms with van der Waals surface area (Å²) in [7, 11) is -4.49. The Morgan fingerprint density at radius 1 is 1.71 bits per heavy atom. The van der Waals surface area contributed by atoms with Crippen LogP contribution in [0.3, 0.4) is 0 Å². The van der Waals surface area contributed by atoms with Gasteiger partial charge in [-0.25, -0.2) is 9.36 Å². The molecule has 0 aliphatic heterocycles. The molecule has 0 bridgehead atoms. The molecule has 78 valence electrons. The van der Waals surface area contributed by atoms with Gasteiger partial charge < -0.3 is 16.0 Å². The van der Waals surface area contributed by atoms with Gasteiger partial charge in [0.1, 0.15) is 6.10 Å². The van der Waals surface area contributed by atoms with Crippen LogP contribution in [0.2, 0.25) is 0 Å². The average molecular weight is 250 g/mol. The number of esters is 1. The Bertz CT molecular complexity index is 242. The summed E-state index contributed by atoms with van der Waals surface area (Å²) in [6, 6.07) is 0. The fraction of sp³-hybridized carbons (Fsp3) is 0.500. The van der Waals surface area contributed by atoms with Crippen LogP contribution in [0.25, 0.3) is 0 Å². The topological polar surface area (TPSA) is 93.1 Å². The maximum atomic E-state index is 10.6. The number of ether oxygens (including phenoxy) is 1. The molecule has 0 rings (SSSR count). The Morgan fingerprint density at radius 3 is 2.57 bits per heavy atom. The van der Waals surface area contributed by atoms with E-state index in [2.05, 4.69) is 15.8 Å². The van der Waals surface area contributed by atoms with Gasteiger partial charge in [-0.05, 0) is 6.92 Å². The molecule has 0 saturated heterocycles. The van der Waals surface area contributed by atoms with Gasteiger partial charge in [0.2, 0.25) is 0 Å². The van der Waals surface area contributed by atoms with Gasteiger partial charge in [0.25, 0.3) is 0 Å². The van der Waals surface area contributed by atoms with E-state index in [0.29, 0.717) is 0 Å². The zero-order valence-corrected chi connectivity index (χ0v) is 12.1. The summed E-state index contributed by atoms with van der Waals surface area (Å²) in [6.07, 6.45) is 0.228. The first kappa shape index (κ1) is 17.4. The minimum absolute atomic E-state index is 0. The number of phosphoric ester groups is 1. The molecule has 0 aliphatic rings. The van der Waals surface area contributed by atoms with E-state index in [9.17, 15) is 9.36 Å². The van der Waals surface area contributed by atoms with Crippen molar-refractivity contribution in [3.05, 3.63) is 12.7 Å². The van der Waals surface area contributed by atoms with Gasteiger partial charge in [0.05, 0.1) is 6.61 Å². The molecule has 0 aliphatic carbocycles. The molecule has 0 fully saturated rings. The van der Waals surface area contributed by atoms with Crippen LogP contribution in [0, 0.1) is 0 Å². The molecule has 0 aromatic rings. The summed E-state index contributed by atoms with van der Waals surface area (Å²) in [6.45, 7) is 4.24. The van der Waals surface area contributed by atoms with Crippen molar-refractivity contribution in [2.75, 3.05) is 6.61 Å². The van der Waals surface area contributed by atoms with Crippen LogP contribution in [-0.2, 0) is 18.6 Å². The molecule has 6 nitrogen and oxygen atoms in total. The van der Waals surface area contributed by atoms with Gasteiger partial charge in [-0.15, -0.1) is 0 Å². The Morgan fingerprint density at radius 2 is 2.21 bits per heavy atom. The van der Waals surface area contributed by atoms with Crippen molar-refractivity contribution in [3.8, 4) is 0 Å². The Hall–Kier alpha value is 0.956. The van der Waals surface area contributed by atoms with Crippen LogP contribution in [0.4, 0.5) is 0 Å². The number of phosphoric acid groups is 1. The van der Waals surface area contributed by atoms with E-state index in [1.807, 2.05) is 0 Å². The van der Waals surface area contributed by atoms with Crippen molar-refractivity contribution in [3.63, 3.8) is 0 Å². The Kier molecular flexibility index (Phi) is 10.1. The first-order valence-corrected chi connectivity index (χ1v) is 4.91. The molecular weight excluding hydrogens is 238 g/mol. The van der Waals surface area contributed by atoms with E-state index in [1.165, 1.54) is 6.92 Å². The van der Waals surface area contributed by atoms with Crippen LogP contribution >= 0.6 is 7.82 Å². The second kappa shape index (κ2) is 8.15. The third-order valence-corrected chi connectivity index (χ3v) is 1.45. The van der Waals surface area contributed by atoms with E-state index in [-0.39, 0.29) is 59.4 Å². The standard InChI is InChI=1S/C6H11O6P.K.H/c1-3-6(7)12-5(2)4-11-13(8,9)10;;/h3,5H,1,4H2,2H3,(H2,8,9,10);;/q;+1;-1. The smallest absolute Gasteiger partial charge is 1.00 e. The SMILES string of the molecule is C=CC(=O)OC(C)COP(=O)(O)O.[H-].[K+]. The van der Waals surface area contributed by atoms with Crippen molar-refractivity contribution >= 4 is 13.8 Å². The molecule has 8 heteroatoms. The number of hydrogen-bond donors (Lipinski definition) is 2. The molecule has 0 radical (unpaired) electrons. The van der Waals surface area contributed by atoms with Crippen molar-refractivity contribution in [1.29, 1.82) is 0 Å². The summed E-state index contributed by atoms with van der Waals surface area (Å²) in [4.78, 5) is 27.1. The third kappa shape index (κ3) is 11.0. The summed E-state index contributed by atoms with van der Waals surface area (Å²) >= 11 is 0. The third-order valence-electron chi connectivity index (χ3n) is 0.961. The Balaban J connectivity index is -0.000000720. The zero-order chi connectivity index (χ0) is 10.5. The van der Waals surface area contributed by atoms with Crippen LogP contribution < -0.4 is 51.4 Å². The maximum absolute atomic E-state index is 10.6. The number of rotatable bonds is 5. The minimum atomic E-state index is -4.49. The largest absolute Gasteiger partial charge is 1.00 e. The van der Waals surface area contributed by atoms with E-state index >= 15 is 0 Å². The Labute approximate surface area is 126 Å². The monoisotopic (exact) mass is 250 g/mol. The molecule has 14 heavy (non-hydrogen) atoms. The van der Waals surface area contributed by atoms with Gasteiger partial charge in [0, 0.05) is 6.08 Å². The maximum Gasteiger partial charge on any atom is 1.00 e. The molecule has 2 N–H and O–H groups in total. The summed E-state index contributed by atoms with van der Waals surface area (Å²) in [5.41, 5.74) is 0. The van der Waals surface area contributed by atoms with Crippen molar-refractivity contribution in [2.24, 2.45) is 0 Å². The van der Waals surface area contributed by atoms with Crippen LogP contribution in [0.5, 0.6) is 0 Å². The van der Waals surface area contributed by atoms with Gasteiger partial charge in [-0.3, -0.25) is 4.52 Å². The van der Waals surface area contributed by atoms with Crippen LogP contribution in [-0.4, -0.2) is 28.5 Å². The fourth-order valence-electron chi connectivity index (χ4n) is 0.482. The number of hydrogen-bond acceptors (Lipinski definition) is 4. The van der Waals surface area contributed by atoms with Crippen LogP contribution in [0.15, 0.2) is 12.7 Å². The predicted octanol–water partition coefficient (Wildman–Crippen LogP) is -2.67. The summed E-state index contributed by atoms with van der Waals surface area (Å²) in [5.74, 6) is -0.665. The fourth-order valence-corrected chi connectivity index (χ4v) is 0.887. The molecular formula is C6H12KO6P. The van der Waals surface area contributed by atoms with Gasteiger partial charge in [-0.2, -0.15) is 0 Å². The molecule has 0 aromatic carbocycles. The van der Waals surface area contributed by atoms with Crippen molar-refractivity contribution < 1.29 is 81.2 Å². The van der Waals surface area contributed by atoms with E-state index in [1.54, 1.807) is 0 Å². The van der Waals surface area contributed by atoms with E-state index in [0.717, 1.165) is 6.08 Å². The normalized spacial score (nSPS) is 12.5. The quantitative estimate of drug-likeness (QED) is 0.239. The molecule has 0 spiro atoms.